The molecule has 1 amide bonds. The molecule has 3 heterocycles. The molecule has 1 aromatic carbocycles. The maximum atomic E-state index is 12.8. The number of hydrogen-bond acceptors (Lipinski definition) is 5. The Labute approximate surface area is 165 Å². The lowest BCUT2D eigenvalue weighted by Gasteiger charge is -2.22. The van der Waals surface area contributed by atoms with E-state index in [4.69, 9.17) is 32.4 Å². The molecular formula is C18H16Cl2N4O3. The molecule has 0 saturated carbocycles. The maximum absolute atomic E-state index is 12.8. The molecule has 1 aliphatic heterocycles. The summed E-state index contributed by atoms with van der Waals surface area (Å²) in [4.78, 5) is 16.7. The lowest BCUT2D eigenvalue weighted by molar-refractivity contribution is -0.0393. The average Bonchev–Trinajstić information content (AvgIpc) is 3.32. The Morgan fingerprint density at radius 1 is 1.26 bits per heavy atom. The molecule has 1 unspecified atom stereocenters. The molecule has 140 valence electrons. The van der Waals surface area contributed by atoms with Gasteiger partial charge in [-0.1, -0.05) is 29.3 Å². The number of halogens is 2. The number of aromatic nitrogens is 3. The molecule has 1 aliphatic rings. The highest BCUT2D eigenvalue weighted by Crippen LogP contribution is 2.32. The number of carbonyl (C=O) groups is 1. The van der Waals surface area contributed by atoms with Crippen molar-refractivity contribution in [1.82, 2.24) is 14.8 Å². The van der Waals surface area contributed by atoms with Gasteiger partial charge in [0.2, 0.25) is 0 Å². The Kier molecular flexibility index (Phi) is 5.15. The summed E-state index contributed by atoms with van der Waals surface area (Å²) < 4.78 is 12.8. The standard InChI is InChI=1S/C18H16Cl2N4O3/c19-11-4-3-5-12(20)16(11)18(25)22-13-9-24(15-6-1-2-7-26-15)23-17(13)14-8-21-10-27-14/h3-5,8-10,15H,1-2,6-7H2,(H,22,25). The highest BCUT2D eigenvalue weighted by Gasteiger charge is 2.23. The first-order valence-electron chi connectivity index (χ1n) is 8.48. The number of nitrogens with zero attached hydrogens (tertiary/aromatic N) is 3. The first-order chi connectivity index (χ1) is 13.1. The molecule has 2 aromatic heterocycles. The molecule has 0 aliphatic carbocycles. The SMILES string of the molecule is O=C(Nc1cn(C2CCCCO2)nc1-c1cnco1)c1c(Cl)cccc1Cl. The first-order valence-corrected chi connectivity index (χ1v) is 9.24. The van der Waals surface area contributed by atoms with Crippen LogP contribution in [0.1, 0.15) is 35.8 Å². The van der Waals surface area contributed by atoms with Gasteiger partial charge in [0.15, 0.2) is 17.8 Å². The van der Waals surface area contributed by atoms with Gasteiger partial charge in [0, 0.05) is 6.61 Å². The Hall–Kier alpha value is -2.35. The van der Waals surface area contributed by atoms with Crippen LogP contribution >= 0.6 is 23.2 Å². The average molecular weight is 407 g/mol. The van der Waals surface area contributed by atoms with E-state index < -0.39 is 5.91 Å². The van der Waals surface area contributed by atoms with E-state index in [-0.39, 0.29) is 21.8 Å². The molecule has 27 heavy (non-hydrogen) atoms. The van der Waals surface area contributed by atoms with Crippen molar-refractivity contribution in [1.29, 1.82) is 0 Å². The van der Waals surface area contributed by atoms with Gasteiger partial charge < -0.3 is 14.5 Å². The number of ether oxygens (including phenoxy) is 1. The third kappa shape index (κ3) is 3.71. The Morgan fingerprint density at radius 3 is 2.74 bits per heavy atom. The van der Waals surface area contributed by atoms with Gasteiger partial charge in [-0.3, -0.25) is 4.79 Å². The number of nitrogens with one attached hydrogen (secondary N) is 1. The summed E-state index contributed by atoms with van der Waals surface area (Å²) in [6.45, 7) is 0.680. The lowest BCUT2D eigenvalue weighted by Crippen LogP contribution is -2.18. The summed E-state index contributed by atoms with van der Waals surface area (Å²) in [5.41, 5.74) is 1.12. The molecule has 4 rings (SSSR count). The molecule has 0 radical (unpaired) electrons. The summed E-state index contributed by atoms with van der Waals surface area (Å²) in [7, 11) is 0. The summed E-state index contributed by atoms with van der Waals surface area (Å²) in [6, 6.07) is 4.90. The topological polar surface area (TPSA) is 82.2 Å². The third-order valence-corrected chi connectivity index (χ3v) is 4.92. The van der Waals surface area contributed by atoms with Crippen LogP contribution in [0.15, 0.2) is 41.4 Å². The highest BCUT2D eigenvalue weighted by atomic mass is 35.5. The van der Waals surface area contributed by atoms with E-state index in [1.54, 1.807) is 29.1 Å². The molecule has 1 atom stereocenters. The van der Waals surface area contributed by atoms with Crippen molar-refractivity contribution in [2.45, 2.75) is 25.5 Å². The van der Waals surface area contributed by atoms with Crippen LogP contribution < -0.4 is 5.32 Å². The monoisotopic (exact) mass is 406 g/mol. The smallest absolute Gasteiger partial charge is 0.258 e. The van der Waals surface area contributed by atoms with Gasteiger partial charge in [-0.15, -0.1) is 0 Å². The number of hydrogen-bond donors (Lipinski definition) is 1. The second-order valence-electron chi connectivity index (χ2n) is 6.11. The molecule has 9 heteroatoms. The first kappa shape index (κ1) is 18.0. The van der Waals surface area contributed by atoms with Crippen LogP contribution in [0.3, 0.4) is 0 Å². The van der Waals surface area contributed by atoms with E-state index in [2.05, 4.69) is 15.4 Å². The normalized spacial score (nSPS) is 17.0. The number of benzene rings is 1. The van der Waals surface area contributed by atoms with Crippen LogP contribution in [-0.2, 0) is 4.74 Å². The van der Waals surface area contributed by atoms with Crippen LogP contribution in [0.4, 0.5) is 5.69 Å². The molecule has 1 N–H and O–H groups in total. The molecule has 3 aromatic rings. The van der Waals surface area contributed by atoms with Gasteiger partial charge in [-0.2, -0.15) is 5.10 Å². The third-order valence-electron chi connectivity index (χ3n) is 4.29. The minimum atomic E-state index is -0.435. The summed E-state index contributed by atoms with van der Waals surface area (Å²) >= 11 is 12.3. The second kappa shape index (κ2) is 7.72. The molecule has 7 nitrogen and oxygen atoms in total. The van der Waals surface area contributed by atoms with Gasteiger partial charge in [0.25, 0.3) is 5.91 Å². The lowest BCUT2D eigenvalue weighted by atomic mass is 10.2. The zero-order valence-electron chi connectivity index (χ0n) is 14.2. The highest BCUT2D eigenvalue weighted by molar-refractivity contribution is 6.40. The molecule has 1 fully saturated rings. The number of amides is 1. The minimum absolute atomic E-state index is 0.185. The van der Waals surface area contributed by atoms with Crippen molar-refractivity contribution < 1.29 is 13.9 Å². The van der Waals surface area contributed by atoms with E-state index in [1.165, 1.54) is 12.6 Å². The van der Waals surface area contributed by atoms with Crippen molar-refractivity contribution in [3.05, 3.63) is 52.6 Å². The zero-order valence-corrected chi connectivity index (χ0v) is 15.7. The van der Waals surface area contributed by atoms with Gasteiger partial charge in [0.1, 0.15) is 6.23 Å². The fraction of sp³-hybridized carbons (Fsp3) is 0.278. The summed E-state index contributed by atoms with van der Waals surface area (Å²) in [5.74, 6) is 0.000549. The van der Waals surface area contributed by atoms with Crippen molar-refractivity contribution >= 4 is 34.8 Å². The van der Waals surface area contributed by atoms with Crippen LogP contribution in [0, 0.1) is 0 Å². The molecule has 0 bridgehead atoms. The van der Waals surface area contributed by atoms with Gasteiger partial charge in [-0.25, -0.2) is 9.67 Å². The summed E-state index contributed by atoms with van der Waals surface area (Å²) in [5, 5.41) is 7.90. The Bertz CT molecular complexity index is 929. The maximum Gasteiger partial charge on any atom is 0.258 e. The van der Waals surface area contributed by atoms with E-state index >= 15 is 0 Å². The number of rotatable bonds is 4. The zero-order chi connectivity index (χ0) is 18.8. The quantitative estimate of drug-likeness (QED) is 0.672. The second-order valence-corrected chi connectivity index (χ2v) is 6.92. The molecule has 1 saturated heterocycles. The van der Waals surface area contributed by atoms with E-state index in [0.717, 1.165) is 19.3 Å². The molecular weight excluding hydrogens is 391 g/mol. The van der Waals surface area contributed by atoms with Crippen molar-refractivity contribution in [2.75, 3.05) is 11.9 Å². The fourth-order valence-electron chi connectivity index (χ4n) is 2.98. The van der Waals surface area contributed by atoms with Crippen molar-refractivity contribution in [3.63, 3.8) is 0 Å². The van der Waals surface area contributed by atoms with Crippen molar-refractivity contribution in [3.8, 4) is 11.5 Å². The van der Waals surface area contributed by atoms with E-state index in [0.29, 0.717) is 23.7 Å². The Balaban J connectivity index is 1.68. The Morgan fingerprint density at radius 2 is 2.07 bits per heavy atom. The molecule has 0 spiro atoms. The van der Waals surface area contributed by atoms with Crippen LogP contribution in [0.25, 0.3) is 11.5 Å². The van der Waals surface area contributed by atoms with Crippen LogP contribution in [0.5, 0.6) is 0 Å². The summed E-state index contributed by atoms with van der Waals surface area (Å²) in [6.07, 6.45) is 7.31. The number of oxazole rings is 1. The van der Waals surface area contributed by atoms with Crippen molar-refractivity contribution in [2.24, 2.45) is 0 Å². The fourth-order valence-corrected chi connectivity index (χ4v) is 3.55. The largest absolute Gasteiger partial charge is 0.442 e. The number of carbonyl (C=O) groups excluding carboxylic acids is 1. The predicted molar refractivity (Wildman–Crippen MR) is 101 cm³/mol. The van der Waals surface area contributed by atoms with Gasteiger partial charge >= 0.3 is 0 Å². The number of anilines is 1. The van der Waals surface area contributed by atoms with Gasteiger partial charge in [-0.05, 0) is 31.4 Å². The minimum Gasteiger partial charge on any atom is -0.442 e. The predicted octanol–water partition coefficient (Wildman–Crippen LogP) is 4.80. The van der Waals surface area contributed by atoms with E-state index in [1.807, 2.05) is 0 Å². The van der Waals surface area contributed by atoms with Crippen LogP contribution in [0.2, 0.25) is 10.0 Å². The van der Waals surface area contributed by atoms with E-state index in [9.17, 15) is 4.79 Å². The van der Waals surface area contributed by atoms with Gasteiger partial charge in [0.05, 0.1) is 33.7 Å². The van der Waals surface area contributed by atoms with Crippen LogP contribution in [-0.4, -0.2) is 27.3 Å².